The first-order valence-corrected chi connectivity index (χ1v) is 7.57. The largest absolute Gasteiger partial charge is 0.492 e. The zero-order valence-corrected chi connectivity index (χ0v) is 13.1. The first-order valence-electron chi connectivity index (χ1n) is 7.57. The molecule has 1 aliphatic heterocycles. The van der Waals surface area contributed by atoms with Gasteiger partial charge in [-0.05, 0) is 18.2 Å². The SMILES string of the molecule is Cn1cnnc1[C@@H]1CN(CCOc2cccc(C#N)c2)CCO1. The summed E-state index contributed by atoms with van der Waals surface area (Å²) in [6.07, 6.45) is 1.63. The van der Waals surface area contributed by atoms with Gasteiger partial charge in [-0.25, -0.2) is 0 Å². The second-order valence-electron chi connectivity index (χ2n) is 5.45. The van der Waals surface area contributed by atoms with Crippen LogP contribution in [0.25, 0.3) is 0 Å². The minimum Gasteiger partial charge on any atom is -0.492 e. The van der Waals surface area contributed by atoms with Crippen LogP contribution in [0.15, 0.2) is 30.6 Å². The van der Waals surface area contributed by atoms with Gasteiger partial charge in [0.25, 0.3) is 0 Å². The normalized spacial score (nSPS) is 18.5. The lowest BCUT2D eigenvalue weighted by Gasteiger charge is -2.32. The number of morpholine rings is 1. The summed E-state index contributed by atoms with van der Waals surface area (Å²) in [5.74, 6) is 1.57. The van der Waals surface area contributed by atoms with Crippen molar-refractivity contribution < 1.29 is 9.47 Å². The second-order valence-corrected chi connectivity index (χ2v) is 5.45. The molecule has 0 radical (unpaired) electrons. The number of aromatic nitrogens is 3. The van der Waals surface area contributed by atoms with E-state index >= 15 is 0 Å². The summed E-state index contributed by atoms with van der Waals surface area (Å²) in [7, 11) is 1.92. The molecule has 1 aromatic heterocycles. The molecule has 2 aromatic rings. The van der Waals surface area contributed by atoms with E-state index < -0.39 is 0 Å². The molecule has 0 amide bonds. The Kier molecular flexibility index (Phi) is 4.86. The maximum atomic E-state index is 8.89. The van der Waals surface area contributed by atoms with Crippen molar-refractivity contribution in [1.82, 2.24) is 19.7 Å². The van der Waals surface area contributed by atoms with E-state index in [9.17, 15) is 0 Å². The molecule has 1 saturated heterocycles. The summed E-state index contributed by atoms with van der Waals surface area (Å²) < 4.78 is 13.4. The highest BCUT2D eigenvalue weighted by atomic mass is 16.5. The molecule has 7 nitrogen and oxygen atoms in total. The molecule has 7 heteroatoms. The maximum absolute atomic E-state index is 8.89. The Hall–Kier alpha value is -2.43. The number of benzene rings is 1. The Bertz CT molecular complexity index is 694. The molecule has 2 heterocycles. The van der Waals surface area contributed by atoms with E-state index in [-0.39, 0.29) is 6.10 Å². The van der Waals surface area contributed by atoms with E-state index in [0.717, 1.165) is 31.2 Å². The molecule has 1 aromatic carbocycles. The maximum Gasteiger partial charge on any atom is 0.163 e. The minimum absolute atomic E-state index is 0.0573. The van der Waals surface area contributed by atoms with Crippen LogP contribution in [0.3, 0.4) is 0 Å². The van der Waals surface area contributed by atoms with Crippen molar-refractivity contribution in [3.8, 4) is 11.8 Å². The van der Waals surface area contributed by atoms with Crippen molar-refractivity contribution in [3.05, 3.63) is 42.0 Å². The Morgan fingerprint density at radius 3 is 3.17 bits per heavy atom. The van der Waals surface area contributed by atoms with Crippen LogP contribution < -0.4 is 4.74 Å². The molecule has 3 rings (SSSR count). The first kappa shape index (κ1) is 15.5. The average molecular weight is 313 g/mol. The molecular weight excluding hydrogens is 294 g/mol. The van der Waals surface area contributed by atoms with Gasteiger partial charge in [0.15, 0.2) is 5.82 Å². The monoisotopic (exact) mass is 313 g/mol. The summed E-state index contributed by atoms with van der Waals surface area (Å²) >= 11 is 0. The number of aryl methyl sites for hydroxylation is 1. The molecule has 0 bridgehead atoms. The van der Waals surface area contributed by atoms with Gasteiger partial charge < -0.3 is 14.0 Å². The zero-order valence-electron chi connectivity index (χ0n) is 13.1. The van der Waals surface area contributed by atoms with Gasteiger partial charge in [-0.3, -0.25) is 4.90 Å². The van der Waals surface area contributed by atoms with E-state index in [4.69, 9.17) is 14.7 Å². The standard InChI is InChI=1S/C16H19N5O2/c1-20-12-18-19-16(20)15-11-21(6-8-23-15)5-7-22-14-4-2-3-13(9-14)10-17/h2-4,9,12,15H,5-8,11H2,1H3/t15-/m0/s1. The summed E-state index contributed by atoms with van der Waals surface area (Å²) in [5, 5.41) is 16.9. The highest BCUT2D eigenvalue weighted by molar-refractivity contribution is 5.36. The molecule has 0 unspecified atom stereocenters. The summed E-state index contributed by atoms with van der Waals surface area (Å²) in [6.45, 7) is 3.68. The van der Waals surface area contributed by atoms with Gasteiger partial charge in [-0.15, -0.1) is 10.2 Å². The molecule has 1 aliphatic rings. The third-order valence-electron chi connectivity index (χ3n) is 3.82. The number of nitriles is 1. The smallest absolute Gasteiger partial charge is 0.163 e. The predicted molar refractivity (Wildman–Crippen MR) is 82.8 cm³/mol. The van der Waals surface area contributed by atoms with E-state index in [1.165, 1.54) is 0 Å². The quantitative estimate of drug-likeness (QED) is 0.824. The van der Waals surface area contributed by atoms with Crippen molar-refractivity contribution in [2.75, 3.05) is 32.8 Å². The van der Waals surface area contributed by atoms with Crippen molar-refractivity contribution in [2.45, 2.75) is 6.10 Å². The van der Waals surface area contributed by atoms with Crippen molar-refractivity contribution in [1.29, 1.82) is 5.26 Å². The van der Waals surface area contributed by atoms with Gasteiger partial charge in [0.1, 0.15) is 24.8 Å². The average Bonchev–Trinajstić information content (AvgIpc) is 3.01. The summed E-state index contributed by atoms with van der Waals surface area (Å²) in [4.78, 5) is 2.29. The fourth-order valence-corrected chi connectivity index (χ4v) is 2.59. The van der Waals surface area contributed by atoms with Crippen LogP contribution in [0.4, 0.5) is 0 Å². The molecule has 0 aliphatic carbocycles. The minimum atomic E-state index is -0.0573. The topological polar surface area (TPSA) is 76.2 Å². The number of nitrogens with zero attached hydrogens (tertiary/aromatic N) is 5. The molecule has 1 fully saturated rings. The van der Waals surface area contributed by atoms with Gasteiger partial charge in [0.05, 0.1) is 18.2 Å². The summed E-state index contributed by atoms with van der Waals surface area (Å²) in [5.41, 5.74) is 0.608. The fraction of sp³-hybridized carbons (Fsp3) is 0.438. The van der Waals surface area contributed by atoms with Crippen LogP contribution in [0.1, 0.15) is 17.5 Å². The highest BCUT2D eigenvalue weighted by Crippen LogP contribution is 2.19. The lowest BCUT2D eigenvalue weighted by atomic mass is 10.2. The Morgan fingerprint density at radius 2 is 2.39 bits per heavy atom. The fourth-order valence-electron chi connectivity index (χ4n) is 2.59. The van der Waals surface area contributed by atoms with Gasteiger partial charge in [0.2, 0.25) is 0 Å². The molecular formula is C16H19N5O2. The van der Waals surface area contributed by atoms with Crippen molar-refractivity contribution >= 4 is 0 Å². The van der Waals surface area contributed by atoms with Gasteiger partial charge in [-0.1, -0.05) is 6.07 Å². The van der Waals surface area contributed by atoms with E-state index in [1.807, 2.05) is 23.7 Å². The first-order chi connectivity index (χ1) is 11.3. The van der Waals surface area contributed by atoms with E-state index in [2.05, 4.69) is 21.2 Å². The van der Waals surface area contributed by atoms with Crippen LogP contribution in [0.2, 0.25) is 0 Å². The van der Waals surface area contributed by atoms with Crippen molar-refractivity contribution in [3.63, 3.8) is 0 Å². The third kappa shape index (κ3) is 3.86. The highest BCUT2D eigenvalue weighted by Gasteiger charge is 2.25. The van der Waals surface area contributed by atoms with Crippen LogP contribution in [-0.4, -0.2) is 52.5 Å². The van der Waals surface area contributed by atoms with Crippen LogP contribution in [0, 0.1) is 11.3 Å². The molecule has 1 atom stereocenters. The molecule has 0 N–H and O–H groups in total. The van der Waals surface area contributed by atoms with Crippen molar-refractivity contribution in [2.24, 2.45) is 7.05 Å². The molecule has 120 valence electrons. The zero-order chi connectivity index (χ0) is 16.1. The number of hydrogen-bond acceptors (Lipinski definition) is 6. The molecule has 0 spiro atoms. The van der Waals surface area contributed by atoms with E-state index in [1.54, 1.807) is 18.5 Å². The predicted octanol–water partition coefficient (Wildman–Crippen LogP) is 1.14. The Balaban J connectivity index is 1.50. The number of ether oxygens (including phenoxy) is 2. The second kappa shape index (κ2) is 7.22. The lowest BCUT2D eigenvalue weighted by Crippen LogP contribution is -2.41. The summed E-state index contributed by atoms with van der Waals surface area (Å²) in [6, 6.07) is 9.32. The number of hydrogen-bond donors (Lipinski definition) is 0. The molecule has 0 saturated carbocycles. The van der Waals surface area contributed by atoms with Gasteiger partial charge >= 0.3 is 0 Å². The lowest BCUT2D eigenvalue weighted by molar-refractivity contribution is -0.0384. The van der Waals surface area contributed by atoms with Crippen LogP contribution in [0.5, 0.6) is 5.75 Å². The van der Waals surface area contributed by atoms with Crippen LogP contribution in [-0.2, 0) is 11.8 Å². The Labute approximate surface area is 135 Å². The van der Waals surface area contributed by atoms with Crippen LogP contribution >= 0.6 is 0 Å². The Morgan fingerprint density at radius 1 is 1.48 bits per heavy atom. The molecule has 23 heavy (non-hydrogen) atoms. The van der Waals surface area contributed by atoms with Gasteiger partial charge in [0, 0.05) is 26.7 Å². The van der Waals surface area contributed by atoms with Gasteiger partial charge in [-0.2, -0.15) is 5.26 Å². The van der Waals surface area contributed by atoms with E-state index in [0.29, 0.717) is 18.8 Å². The number of rotatable bonds is 5. The third-order valence-corrected chi connectivity index (χ3v) is 3.82.